The Labute approximate surface area is 137 Å². The van der Waals surface area contributed by atoms with Gasteiger partial charge in [-0.25, -0.2) is 0 Å². The van der Waals surface area contributed by atoms with E-state index in [1.54, 1.807) is 7.11 Å². The fraction of sp³-hybridized carbons (Fsp3) is 0.941. The molecule has 0 aromatic rings. The van der Waals surface area contributed by atoms with Crippen LogP contribution in [0.2, 0.25) is 0 Å². The molecule has 22 heavy (non-hydrogen) atoms. The molecule has 0 heterocycles. The number of aliphatic imine (C=N–C) groups is 1. The molecule has 0 saturated carbocycles. The largest absolute Gasteiger partial charge is 0.385 e. The van der Waals surface area contributed by atoms with Crippen molar-refractivity contribution in [3.05, 3.63) is 0 Å². The molecule has 1 unspecified atom stereocenters. The summed E-state index contributed by atoms with van der Waals surface area (Å²) in [5, 5.41) is 6.69. The minimum atomic E-state index is 0.314. The third kappa shape index (κ3) is 11.8. The van der Waals surface area contributed by atoms with Gasteiger partial charge in [-0.15, -0.1) is 0 Å². The van der Waals surface area contributed by atoms with Crippen LogP contribution in [0.25, 0.3) is 0 Å². The first-order valence-electron chi connectivity index (χ1n) is 8.78. The third-order valence-electron chi connectivity index (χ3n) is 3.47. The first-order valence-corrected chi connectivity index (χ1v) is 8.78. The smallest absolute Gasteiger partial charge is 0.191 e. The van der Waals surface area contributed by atoms with E-state index in [2.05, 4.69) is 43.3 Å². The van der Waals surface area contributed by atoms with Gasteiger partial charge in [-0.3, -0.25) is 4.99 Å². The van der Waals surface area contributed by atoms with Gasteiger partial charge < -0.3 is 20.1 Å². The van der Waals surface area contributed by atoms with E-state index in [1.807, 2.05) is 0 Å². The van der Waals surface area contributed by atoms with Crippen molar-refractivity contribution in [3.63, 3.8) is 0 Å². The molecule has 0 amide bonds. The van der Waals surface area contributed by atoms with Crippen LogP contribution in [0.5, 0.6) is 0 Å². The van der Waals surface area contributed by atoms with Gasteiger partial charge in [0.15, 0.2) is 5.96 Å². The average molecular weight is 316 g/mol. The molecule has 0 rings (SSSR count). The van der Waals surface area contributed by atoms with E-state index in [4.69, 9.17) is 9.47 Å². The molecular weight excluding hydrogens is 278 g/mol. The lowest BCUT2D eigenvalue weighted by molar-refractivity contribution is 0.0258. The minimum Gasteiger partial charge on any atom is -0.385 e. The lowest BCUT2D eigenvalue weighted by atomic mass is 10.0. The van der Waals surface area contributed by atoms with Crippen molar-refractivity contribution in [1.82, 2.24) is 10.6 Å². The van der Waals surface area contributed by atoms with Crippen LogP contribution in [0.3, 0.4) is 0 Å². The van der Waals surface area contributed by atoms with Gasteiger partial charge in [-0.1, -0.05) is 13.8 Å². The van der Waals surface area contributed by atoms with Gasteiger partial charge in [-0.2, -0.15) is 0 Å². The first-order chi connectivity index (χ1) is 10.7. The third-order valence-corrected chi connectivity index (χ3v) is 3.47. The molecule has 0 aliphatic heterocycles. The van der Waals surface area contributed by atoms with Crippen molar-refractivity contribution in [2.75, 3.05) is 40.0 Å². The van der Waals surface area contributed by atoms with Crippen LogP contribution < -0.4 is 10.6 Å². The lowest BCUT2D eigenvalue weighted by Gasteiger charge is -2.21. The Hall–Kier alpha value is -0.810. The molecule has 132 valence electrons. The van der Waals surface area contributed by atoms with E-state index >= 15 is 0 Å². The van der Waals surface area contributed by atoms with Gasteiger partial charge in [0.1, 0.15) is 0 Å². The summed E-state index contributed by atoms with van der Waals surface area (Å²) < 4.78 is 10.8. The predicted octanol–water partition coefficient (Wildman–Crippen LogP) is 2.81. The van der Waals surface area contributed by atoms with E-state index < -0.39 is 0 Å². The molecule has 0 spiro atoms. The number of hydrogen-bond acceptors (Lipinski definition) is 3. The molecule has 2 N–H and O–H groups in total. The second-order valence-corrected chi connectivity index (χ2v) is 5.77. The Bertz CT molecular complexity index is 271. The molecule has 1 atom stereocenters. The number of ether oxygens (including phenoxy) is 2. The van der Waals surface area contributed by atoms with Crippen LogP contribution in [0.4, 0.5) is 0 Å². The maximum absolute atomic E-state index is 5.77. The molecule has 0 radical (unpaired) electrons. The summed E-state index contributed by atoms with van der Waals surface area (Å²) in [5.74, 6) is 1.45. The van der Waals surface area contributed by atoms with E-state index in [0.29, 0.717) is 12.0 Å². The number of methoxy groups -OCH3 is 1. The number of hydrogen-bond donors (Lipinski definition) is 2. The van der Waals surface area contributed by atoms with Crippen molar-refractivity contribution in [2.45, 2.75) is 59.5 Å². The van der Waals surface area contributed by atoms with Gasteiger partial charge in [0.05, 0.1) is 6.10 Å². The highest BCUT2D eigenvalue weighted by Gasteiger charge is 2.12. The molecule has 0 aliphatic rings. The highest BCUT2D eigenvalue weighted by atomic mass is 16.5. The molecular formula is C17H37N3O2. The van der Waals surface area contributed by atoms with E-state index in [9.17, 15) is 0 Å². The summed E-state index contributed by atoms with van der Waals surface area (Å²) in [6.07, 6.45) is 4.70. The number of nitrogens with zero attached hydrogens (tertiary/aromatic N) is 1. The normalized spacial score (nSPS) is 13.5. The fourth-order valence-corrected chi connectivity index (χ4v) is 2.22. The summed E-state index contributed by atoms with van der Waals surface area (Å²) in [6.45, 7) is 12.8. The van der Waals surface area contributed by atoms with Crippen molar-refractivity contribution in [2.24, 2.45) is 10.9 Å². The zero-order valence-electron chi connectivity index (χ0n) is 15.3. The van der Waals surface area contributed by atoms with Crippen LogP contribution >= 0.6 is 0 Å². The Morgan fingerprint density at radius 2 is 1.86 bits per heavy atom. The van der Waals surface area contributed by atoms with E-state index in [1.165, 1.54) is 0 Å². The number of guanidine groups is 1. The Morgan fingerprint density at radius 1 is 1.09 bits per heavy atom. The lowest BCUT2D eigenvalue weighted by Crippen LogP contribution is -2.39. The van der Waals surface area contributed by atoms with Gasteiger partial charge in [0.25, 0.3) is 0 Å². The maximum atomic E-state index is 5.77. The first kappa shape index (κ1) is 21.2. The molecule has 0 aliphatic carbocycles. The molecule has 0 saturated heterocycles. The monoisotopic (exact) mass is 315 g/mol. The quantitative estimate of drug-likeness (QED) is 0.312. The summed E-state index contributed by atoms with van der Waals surface area (Å²) in [5.41, 5.74) is 0. The van der Waals surface area contributed by atoms with Crippen molar-refractivity contribution in [3.8, 4) is 0 Å². The molecule has 0 fully saturated rings. The summed E-state index contributed by atoms with van der Waals surface area (Å²) >= 11 is 0. The Morgan fingerprint density at radius 3 is 2.45 bits per heavy atom. The summed E-state index contributed by atoms with van der Waals surface area (Å²) in [4.78, 5) is 4.61. The molecule has 0 aromatic heterocycles. The zero-order valence-corrected chi connectivity index (χ0v) is 15.3. The van der Waals surface area contributed by atoms with Gasteiger partial charge in [-0.05, 0) is 45.4 Å². The fourth-order valence-electron chi connectivity index (χ4n) is 2.22. The highest BCUT2D eigenvalue weighted by molar-refractivity contribution is 5.79. The number of unbranched alkanes of at least 4 members (excludes halogenated alkanes) is 2. The Kier molecular flexibility index (Phi) is 14.5. The number of rotatable bonds is 13. The predicted molar refractivity (Wildman–Crippen MR) is 94.6 cm³/mol. The van der Waals surface area contributed by atoms with Crippen LogP contribution in [-0.4, -0.2) is 52.0 Å². The van der Waals surface area contributed by atoms with Crippen LogP contribution in [0.1, 0.15) is 53.4 Å². The van der Waals surface area contributed by atoms with Crippen LogP contribution in [0, 0.1) is 5.92 Å². The van der Waals surface area contributed by atoms with Crippen molar-refractivity contribution >= 4 is 5.96 Å². The highest BCUT2D eigenvalue weighted by Crippen LogP contribution is 2.09. The van der Waals surface area contributed by atoms with Crippen molar-refractivity contribution in [1.29, 1.82) is 0 Å². The SMILES string of the molecule is CCNC(=NCCCCCOC)NCCC(OCC)C(C)C. The molecule has 0 aromatic carbocycles. The molecule has 0 bridgehead atoms. The second kappa shape index (κ2) is 15.1. The summed E-state index contributed by atoms with van der Waals surface area (Å²) in [7, 11) is 1.75. The molecule has 5 nitrogen and oxygen atoms in total. The Balaban J connectivity index is 4.00. The van der Waals surface area contributed by atoms with Crippen LogP contribution in [-0.2, 0) is 9.47 Å². The summed E-state index contributed by atoms with van der Waals surface area (Å²) in [6, 6.07) is 0. The van der Waals surface area contributed by atoms with Gasteiger partial charge in [0, 0.05) is 40.0 Å². The molecule has 5 heteroatoms. The minimum absolute atomic E-state index is 0.314. The van der Waals surface area contributed by atoms with E-state index in [0.717, 1.165) is 64.5 Å². The van der Waals surface area contributed by atoms with E-state index in [-0.39, 0.29) is 0 Å². The van der Waals surface area contributed by atoms with Crippen LogP contribution in [0.15, 0.2) is 4.99 Å². The standard InChI is InChI=1S/C17H37N3O2/c1-6-18-17(19-12-9-8-10-14-21-5)20-13-11-16(15(3)4)22-7-2/h15-16H,6-14H2,1-5H3,(H2,18,19,20). The average Bonchev–Trinajstić information content (AvgIpc) is 2.49. The van der Waals surface area contributed by atoms with Gasteiger partial charge >= 0.3 is 0 Å². The van der Waals surface area contributed by atoms with Crippen molar-refractivity contribution < 1.29 is 9.47 Å². The number of nitrogens with one attached hydrogen (secondary N) is 2. The zero-order chi connectivity index (χ0) is 16.6. The second-order valence-electron chi connectivity index (χ2n) is 5.77. The van der Waals surface area contributed by atoms with Gasteiger partial charge in [0.2, 0.25) is 0 Å². The maximum Gasteiger partial charge on any atom is 0.191 e. The topological polar surface area (TPSA) is 54.9 Å².